The van der Waals surface area contributed by atoms with E-state index in [0.717, 1.165) is 33.0 Å². The first-order valence-corrected chi connectivity index (χ1v) is 11.0. The van der Waals surface area contributed by atoms with Crippen LogP contribution in [0.1, 0.15) is 17.5 Å². The van der Waals surface area contributed by atoms with Gasteiger partial charge in [-0.1, -0.05) is 72.3 Å². The molecule has 0 atom stereocenters. The minimum atomic E-state index is 0.0379. The predicted molar refractivity (Wildman–Crippen MR) is 125 cm³/mol. The van der Waals surface area contributed by atoms with Crippen molar-refractivity contribution in [1.29, 1.82) is 0 Å². The van der Waals surface area contributed by atoms with E-state index in [1.54, 1.807) is 11.3 Å². The lowest BCUT2D eigenvalue weighted by atomic mass is 10.1. The highest BCUT2D eigenvalue weighted by Crippen LogP contribution is 2.29. The number of nitrogens with one attached hydrogen (secondary N) is 1. The van der Waals surface area contributed by atoms with E-state index >= 15 is 0 Å². The maximum atomic E-state index is 12.2. The smallest absolute Gasteiger partial charge is 0.220 e. The molecule has 0 unspecified atom stereocenters. The first-order valence-electron chi connectivity index (χ1n) is 9.79. The van der Waals surface area contributed by atoms with Gasteiger partial charge in [-0.25, -0.2) is 4.98 Å². The van der Waals surface area contributed by atoms with E-state index in [1.807, 2.05) is 54.6 Å². The lowest BCUT2D eigenvalue weighted by molar-refractivity contribution is -0.121. The van der Waals surface area contributed by atoms with Crippen LogP contribution in [0.5, 0.6) is 0 Å². The van der Waals surface area contributed by atoms with Crippen molar-refractivity contribution in [1.82, 2.24) is 10.3 Å². The van der Waals surface area contributed by atoms with Crippen molar-refractivity contribution in [3.05, 3.63) is 100 Å². The number of halogens is 1. The lowest BCUT2D eigenvalue weighted by Crippen LogP contribution is -2.23. The van der Waals surface area contributed by atoms with Crippen LogP contribution in [0.2, 0.25) is 5.02 Å². The molecule has 0 saturated carbocycles. The monoisotopic (exact) mass is 432 g/mol. The van der Waals surface area contributed by atoms with Crippen LogP contribution < -0.4 is 5.32 Å². The summed E-state index contributed by atoms with van der Waals surface area (Å²) < 4.78 is 0. The van der Waals surface area contributed by atoms with Crippen LogP contribution in [0, 0.1) is 0 Å². The molecular weight excluding hydrogens is 412 g/mol. The van der Waals surface area contributed by atoms with E-state index in [0.29, 0.717) is 24.4 Å². The standard InChI is InChI=1S/C25H21ClN2OS/c26-22-12-9-18(10-13-22)11-14-24(29)27-16-19-5-4-8-21(15-19)25-28-23(17-30-25)20-6-2-1-3-7-20/h1-10,12-13,15,17H,11,14,16H2,(H,27,29). The van der Waals surface area contributed by atoms with Crippen molar-refractivity contribution in [2.24, 2.45) is 0 Å². The fourth-order valence-electron chi connectivity index (χ4n) is 3.16. The second-order valence-corrected chi connectivity index (χ2v) is 8.30. The highest BCUT2D eigenvalue weighted by Gasteiger charge is 2.08. The van der Waals surface area contributed by atoms with Crippen LogP contribution in [-0.2, 0) is 17.8 Å². The second-order valence-electron chi connectivity index (χ2n) is 7.01. The van der Waals surface area contributed by atoms with Crippen LogP contribution in [0.3, 0.4) is 0 Å². The summed E-state index contributed by atoms with van der Waals surface area (Å²) in [6, 6.07) is 26.0. The molecule has 1 aromatic heterocycles. The molecule has 0 aliphatic carbocycles. The summed E-state index contributed by atoms with van der Waals surface area (Å²) in [6.45, 7) is 0.504. The van der Waals surface area contributed by atoms with Crippen molar-refractivity contribution in [2.45, 2.75) is 19.4 Å². The summed E-state index contributed by atoms with van der Waals surface area (Å²) in [6.07, 6.45) is 1.15. The summed E-state index contributed by atoms with van der Waals surface area (Å²) in [7, 11) is 0. The lowest BCUT2D eigenvalue weighted by Gasteiger charge is -2.07. The SMILES string of the molecule is O=C(CCc1ccc(Cl)cc1)NCc1cccc(-c2nc(-c3ccccc3)cs2)c1. The van der Waals surface area contributed by atoms with Crippen LogP contribution in [0.4, 0.5) is 0 Å². The molecule has 5 heteroatoms. The fourth-order valence-corrected chi connectivity index (χ4v) is 4.11. The molecule has 150 valence electrons. The van der Waals surface area contributed by atoms with Gasteiger partial charge in [-0.15, -0.1) is 11.3 Å². The Balaban J connectivity index is 1.35. The van der Waals surface area contributed by atoms with Crippen molar-refractivity contribution >= 4 is 28.8 Å². The molecule has 4 rings (SSSR count). The minimum absolute atomic E-state index is 0.0379. The van der Waals surface area contributed by atoms with E-state index in [4.69, 9.17) is 16.6 Å². The van der Waals surface area contributed by atoms with E-state index in [-0.39, 0.29) is 5.91 Å². The Labute approximate surface area is 185 Å². The molecule has 3 aromatic carbocycles. The summed E-state index contributed by atoms with van der Waals surface area (Å²) in [4.78, 5) is 17.0. The molecule has 0 radical (unpaired) electrons. The summed E-state index contributed by atoms with van der Waals surface area (Å²) in [5, 5.41) is 6.77. The third-order valence-corrected chi connectivity index (χ3v) is 5.93. The summed E-state index contributed by atoms with van der Waals surface area (Å²) in [5.74, 6) is 0.0379. The number of amides is 1. The third kappa shape index (κ3) is 5.35. The molecule has 0 saturated heterocycles. The van der Waals surface area contributed by atoms with Crippen LogP contribution in [-0.4, -0.2) is 10.9 Å². The van der Waals surface area contributed by atoms with Crippen molar-refractivity contribution < 1.29 is 4.79 Å². The first kappa shape index (κ1) is 20.3. The second kappa shape index (κ2) is 9.70. The normalized spacial score (nSPS) is 10.7. The van der Waals surface area contributed by atoms with Crippen molar-refractivity contribution in [2.75, 3.05) is 0 Å². The van der Waals surface area contributed by atoms with Gasteiger partial charge in [0, 0.05) is 34.5 Å². The zero-order valence-electron chi connectivity index (χ0n) is 16.3. The Kier molecular flexibility index (Phi) is 6.57. The molecule has 0 aliphatic heterocycles. The average molecular weight is 433 g/mol. The number of thiazole rings is 1. The summed E-state index contributed by atoms with van der Waals surface area (Å²) in [5.41, 5.74) is 5.33. The van der Waals surface area contributed by atoms with Gasteiger partial charge in [0.2, 0.25) is 5.91 Å². The number of hydrogen-bond acceptors (Lipinski definition) is 3. The van der Waals surface area contributed by atoms with Crippen LogP contribution >= 0.6 is 22.9 Å². The van der Waals surface area contributed by atoms with Gasteiger partial charge in [0.05, 0.1) is 5.69 Å². The predicted octanol–water partition coefficient (Wildman–Crippen LogP) is 6.38. The molecule has 1 amide bonds. The van der Waals surface area contributed by atoms with Crippen molar-refractivity contribution in [3.8, 4) is 21.8 Å². The number of rotatable bonds is 7. The van der Waals surface area contributed by atoms with Gasteiger partial charge in [0.1, 0.15) is 5.01 Å². The molecule has 30 heavy (non-hydrogen) atoms. The minimum Gasteiger partial charge on any atom is -0.352 e. The Morgan fingerprint density at radius 2 is 1.67 bits per heavy atom. The Hall–Kier alpha value is -2.95. The van der Waals surface area contributed by atoms with Crippen molar-refractivity contribution in [3.63, 3.8) is 0 Å². The number of aryl methyl sites for hydroxylation is 1. The molecule has 1 N–H and O–H groups in total. The fraction of sp³-hybridized carbons (Fsp3) is 0.120. The number of carbonyl (C=O) groups is 1. The van der Waals surface area contributed by atoms with Gasteiger partial charge in [0.15, 0.2) is 0 Å². The van der Waals surface area contributed by atoms with Gasteiger partial charge in [-0.05, 0) is 35.7 Å². The molecule has 1 heterocycles. The molecule has 0 aliphatic rings. The molecule has 4 aromatic rings. The highest BCUT2D eigenvalue weighted by atomic mass is 35.5. The zero-order chi connectivity index (χ0) is 20.8. The maximum Gasteiger partial charge on any atom is 0.220 e. The van der Waals surface area contributed by atoms with Gasteiger partial charge >= 0.3 is 0 Å². The van der Waals surface area contributed by atoms with E-state index in [9.17, 15) is 4.79 Å². The largest absolute Gasteiger partial charge is 0.352 e. The zero-order valence-corrected chi connectivity index (χ0v) is 17.9. The van der Waals surface area contributed by atoms with E-state index < -0.39 is 0 Å². The molecule has 0 fully saturated rings. The number of nitrogens with zero attached hydrogens (tertiary/aromatic N) is 1. The Bertz CT molecular complexity index is 1120. The van der Waals surface area contributed by atoms with Crippen LogP contribution in [0.15, 0.2) is 84.2 Å². The molecule has 0 spiro atoms. The maximum absolute atomic E-state index is 12.2. The number of benzene rings is 3. The van der Waals surface area contributed by atoms with E-state index in [1.165, 1.54) is 0 Å². The van der Waals surface area contributed by atoms with Gasteiger partial charge in [0.25, 0.3) is 0 Å². The van der Waals surface area contributed by atoms with Gasteiger partial charge < -0.3 is 5.32 Å². The number of aromatic nitrogens is 1. The number of hydrogen-bond donors (Lipinski definition) is 1. The summed E-state index contributed by atoms with van der Waals surface area (Å²) >= 11 is 7.53. The van der Waals surface area contributed by atoms with Crippen LogP contribution in [0.25, 0.3) is 21.8 Å². The van der Waals surface area contributed by atoms with Gasteiger partial charge in [-0.3, -0.25) is 4.79 Å². The number of carbonyl (C=O) groups excluding carboxylic acids is 1. The average Bonchev–Trinajstić information content (AvgIpc) is 3.29. The quantitative estimate of drug-likeness (QED) is 0.368. The molecule has 0 bridgehead atoms. The Morgan fingerprint density at radius 3 is 2.47 bits per heavy atom. The highest BCUT2D eigenvalue weighted by molar-refractivity contribution is 7.13. The topological polar surface area (TPSA) is 42.0 Å². The first-order chi connectivity index (χ1) is 14.7. The third-order valence-electron chi connectivity index (χ3n) is 4.79. The van der Waals surface area contributed by atoms with Gasteiger partial charge in [-0.2, -0.15) is 0 Å². The van der Waals surface area contributed by atoms with E-state index in [2.05, 4.69) is 35.0 Å². The molecule has 3 nitrogen and oxygen atoms in total. The molecular formula is C25H21ClN2OS. The Morgan fingerprint density at radius 1 is 0.900 bits per heavy atom.